The molecular formula is C18H23N7O3S. The number of hydrogen-bond donors (Lipinski definition) is 3. The molecule has 11 heteroatoms. The fourth-order valence-corrected chi connectivity index (χ4v) is 3.76. The number of nitrogens with two attached hydrogens (primary N) is 1. The van der Waals surface area contributed by atoms with E-state index in [1.807, 2.05) is 0 Å². The lowest BCUT2D eigenvalue weighted by atomic mass is 9.99. The average molecular weight is 417 g/mol. The van der Waals surface area contributed by atoms with Crippen LogP contribution in [0.1, 0.15) is 32.1 Å². The number of carbonyl (C=O) groups excluding carboxylic acids is 1. The van der Waals surface area contributed by atoms with Crippen LogP contribution in [0.25, 0.3) is 0 Å². The molecule has 10 nitrogen and oxygen atoms in total. The first-order valence-corrected chi connectivity index (χ1v) is 10.5. The van der Waals surface area contributed by atoms with Crippen LogP contribution in [0.2, 0.25) is 0 Å². The maximum Gasteiger partial charge on any atom is 0.264 e. The van der Waals surface area contributed by atoms with Crippen LogP contribution < -0.4 is 26.1 Å². The molecule has 1 aromatic heterocycles. The number of nitrogens with one attached hydrogen (secondary N) is 2. The molecule has 29 heavy (non-hydrogen) atoms. The van der Waals surface area contributed by atoms with Crippen molar-refractivity contribution in [3.63, 3.8) is 0 Å². The summed E-state index contributed by atoms with van der Waals surface area (Å²) in [7, 11) is 0. The number of benzene rings is 1. The first-order valence-electron chi connectivity index (χ1n) is 9.53. The SMILES string of the molecule is Nn1c(NN=C2CCCCC2)nnc1SCC(=O)Nc1ccc2c(c1)OCCO2. The van der Waals surface area contributed by atoms with E-state index >= 15 is 0 Å². The molecule has 4 N–H and O–H groups in total. The summed E-state index contributed by atoms with van der Waals surface area (Å²) >= 11 is 1.19. The largest absolute Gasteiger partial charge is 0.486 e. The van der Waals surface area contributed by atoms with Crippen molar-refractivity contribution < 1.29 is 14.3 Å². The quantitative estimate of drug-likeness (QED) is 0.371. The van der Waals surface area contributed by atoms with Crippen LogP contribution in [-0.4, -0.2) is 45.5 Å². The molecule has 0 bridgehead atoms. The molecule has 4 rings (SSSR count). The third kappa shape index (κ3) is 4.91. The number of thioether (sulfide) groups is 1. The molecule has 0 atom stereocenters. The predicted molar refractivity (Wildman–Crippen MR) is 111 cm³/mol. The van der Waals surface area contributed by atoms with Crippen molar-refractivity contribution in [2.24, 2.45) is 5.10 Å². The first-order chi connectivity index (χ1) is 14.2. The Hall–Kier alpha value is -2.95. The minimum absolute atomic E-state index is 0.137. The average Bonchev–Trinajstić information content (AvgIpc) is 3.11. The molecule has 2 aliphatic rings. The van der Waals surface area contributed by atoms with Crippen molar-refractivity contribution in [3.8, 4) is 11.5 Å². The van der Waals surface area contributed by atoms with Gasteiger partial charge in [0.1, 0.15) is 13.2 Å². The van der Waals surface area contributed by atoms with Crippen LogP contribution in [0, 0.1) is 0 Å². The van der Waals surface area contributed by atoms with Gasteiger partial charge in [-0.15, -0.1) is 10.2 Å². The number of fused-ring (bicyclic) bond motifs is 1. The fourth-order valence-electron chi connectivity index (χ4n) is 3.10. The molecule has 1 fully saturated rings. The molecule has 1 saturated carbocycles. The Morgan fingerprint density at radius 1 is 1.17 bits per heavy atom. The zero-order chi connectivity index (χ0) is 20.1. The molecule has 2 aromatic rings. The highest BCUT2D eigenvalue weighted by atomic mass is 32.2. The van der Waals surface area contributed by atoms with Gasteiger partial charge in [-0.25, -0.2) is 10.1 Å². The van der Waals surface area contributed by atoms with Gasteiger partial charge >= 0.3 is 0 Å². The van der Waals surface area contributed by atoms with Gasteiger partial charge in [0.25, 0.3) is 5.95 Å². The summed E-state index contributed by atoms with van der Waals surface area (Å²) in [5.41, 5.74) is 4.63. The number of nitrogen functional groups attached to an aromatic ring is 1. The smallest absolute Gasteiger partial charge is 0.264 e. The molecule has 1 aliphatic heterocycles. The molecule has 1 aliphatic carbocycles. The monoisotopic (exact) mass is 417 g/mol. The van der Waals surface area contributed by atoms with Gasteiger partial charge in [0.05, 0.1) is 5.75 Å². The molecular weight excluding hydrogens is 394 g/mol. The molecule has 2 heterocycles. The summed E-state index contributed by atoms with van der Waals surface area (Å²) in [6.45, 7) is 1.02. The number of rotatable bonds is 6. The standard InChI is InChI=1S/C18H23N7O3S/c19-25-17(22-21-12-4-2-1-3-5-12)23-24-18(25)29-11-16(26)20-13-6-7-14-15(10-13)28-9-8-27-14/h6-7,10H,1-5,8-9,11,19H2,(H,20,26)(H,22,23). The minimum Gasteiger partial charge on any atom is -0.486 e. The van der Waals surface area contributed by atoms with Crippen molar-refractivity contribution >= 4 is 35.0 Å². The molecule has 1 amide bonds. The van der Waals surface area contributed by atoms with Gasteiger partial charge in [-0.05, 0) is 37.8 Å². The molecule has 0 saturated heterocycles. The van der Waals surface area contributed by atoms with E-state index in [-0.39, 0.29) is 11.7 Å². The van der Waals surface area contributed by atoms with Gasteiger partial charge in [0.15, 0.2) is 11.5 Å². The van der Waals surface area contributed by atoms with Gasteiger partial charge in [-0.1, -0.05) is 18.2 Å². The first kappa shape index (κ1) is 19.4. The van der Waals surface area contributed by atoms with E-state index in [1.54, 1.807) is 18.2 Å². The number of anilines is 2. The van der Waals surface area contributed by atoms with Crippen LogP contribution in [0.3, 0.4) is 0 Å². The zero-order valence-corrected chi connectivity index (χ0v) is 16.7. The number of aromatic nitrogens is 3. The van der Waals surface area contributed by atoms with Gasteiger partial charge in [0, 0.05) is 17.5 Å². The third-order valence-electron chi connectivity index (χ3n) is 4.57. The second-order valence-electron chi connectivity index (χ2n) is 6.72. The molecule has 0 radical (unpaired) electrons. The van der Waals surface area contributed by atoms with Crippen molar-refractivity contribution in [2.45, 2.75) is 37.3 Å². The van der Waals surface area contributed by atoms with E-state index < -0.39 is 0 Å². The second-order valence-corrected chi connectivity index (χ2v) is 7.66. The highest BCUT2D eigenvalue weighted by Gasteiger charge is 2.15. The number of hydrogen-bond acceptors (Lipinski definition) is 9. The lowest BCUT2D eigenvalue weighted by Crippen LogP contribution is -2.18. The number of ether oxygens (including phenoxy) is 2. The maximum atomic E-state index is 12.3. The zero-order valence-electron chi connectivity index (χ0n) is 15.9. The Kier molecular flexibility index (Phi) is 6.03. The van der Waals surface area contributed by atoms with Gasteiger partial charge in [0.2, 0.25) is 11.1 Å². The van der Waals surface area contributed by atoms with Crippen molar-refractivity contribution in [1.29, 1.82) is 0 Å². The van der Waals surface area contributed by atoms with Crippen molar-refractivity contribution in [2.75, 3.05) is 35.6 Å². The predicted octanol–water partition coefficient (Wildman–Crippen LogP) is 2.23. The van der Waals surface area contributed by atoms with E-state index in [0.29, 0.717) is 41.5 Å². The Labute approximate surface area is 172 Å². The topological polar surface area (TPSA) is 129 Å². The molecule has 0 spiro atoms. The lowest BCUT2D eigenvalue weighted by molar-refractivity contribution is -0.113. The van der Waals surface area contributed by atoms with Crippen LogP contribution in [-0.2, 0) is 4.79 Å². The van der Waals surface area contributed by atoms with Gasteiger partial charge in [-0.2, -0.15) is 5.10 Å². The van der Waals surface area contributed by atoms with Crippen LogP contribution in [0.5, 0.6) is 11.5 Å². The molecule has 1 aromatic carbocycles. The Bertz CT molecular complexity index is 907. The highest BCUT2D eigenvalue weighted by molar-refractivity contribution is 7.99. The Morgan fingerprint density at radius 2 is 1.97 bits per heavy atom. The van der Waals surface area contributed by atoms with Gasteiger partial charge in [-0.3, -0.25) is 4.79 Å². The van der Waals surface area contributed by atoms with E-state index in [1.165, 1.54) is 22.9 Å². The second kappa shape index (κ2) is 9.03. The Morgan fingerprint density at radius 3 is 2.79 bits per heavy atom. The highest BCUT2D eigenvalue weighted by Crippen LogP contribution is 2.32. The Balaban J connectivity index is 1.29. The summed E-state index contributed by atoms with van der Waals surface area (Å²) < 4.78 is 12.3. The van der Waals surface area contributed by atoms with Crippen molar-refractivity contribution in [1.82, 2.24) is 14.9 Å². The number of carbonyl (C=O) groups is 1. The van der Waals surface area contributed by atoms with E-state index in [4.69, 9.17) is 15.3 Å². The summed E-state index contributed by atoms with van der Waals surface area (Å²) in [4.78, 5) is 12.3. The lowest BCUT2D eigenvalue weighted by Gasteiger charge is -2.18. The fraction of sp³-hybridized carbons (Fsp3) is 0.444. The molecule has 154 valence electrons. The van der Waals surface area contributed by atoms with E-state index in [9.17, 15) is 4.79 Å². The third-order valence-corrected chi connectivity index (χ3v) is 5.51. The molecule has 0 unspecified atom stereocenters. The van der Waals surface area contributed by atoms with Crippen LogP contribution >= 0.6 is 11.8 Å². The summed E-state index contributed by atoms with van der Waals surface area (Å²) in [6, 6.07) is 5.29. The summed E-state index contributed by atoms with van der Waals surface area (Å²) in [5.74, 6) is 7.61. The van der Waals surface area contributed by atoms with Crippen LogP contribution in [0.15, 0.2) is 28.5 Å². The number of hydrazone groups is 1. The minimum atomic E-state index is -0.188. The van der Waals surface area contributed by atoms with E-state index in [0.717, 1.165) is 31.4 Å². The number of amides is 1. The number of nitrogens with zero attached hydrogens (tertiary/aromatic N) is 4. The maximum absolute atomic E-state index is 12.3. The van der Waals surface area contributed by atoms with E-state index in [2.05, 4.69) is 26.0 Å². The normalized spacial score (nSPS) is 15.7. The van der Waals surface area contributed by atoms with Gasteiger partial charge < -0.3 is 20.6 Å². The summed E-state index contributed by atoms with van der Waals surface area (Å²) in [6.07, 6.45) is 5.56. The summed E-state index contributed by atoms with van der Waals surface area (Å²) in [5, 5.41) is 15.6. The van der Waals surface area contributed by atoms with Crippen molar-refractivity contribution in [3.05, 3.63) is 18.2 Å². The van der Waals surface area contributed by atoms with Crippen LogP contribution in [0.4, 0.5) is 11.6 Å².